The van der Waals surface area contributed by atoms with Gasteiger partial charge in [-0.2, -0.15) is 0 Å². The van der Waals surface area contributed by atoms with Gasteiger partial charge in [0, 0.05) is 30.9 Å². The van der Waals surface area contributed by atoms with Gasteiger partial charge >= 0.3 is 0 Å². The molecule has 4 aromatic rings. The maximum Gasteiger partial charge on any atom is 0.271 e. The number of nitrogens with one attached hydrogen (secondary N) is 1. The molecule has 0 spiro atoms. The molecule has 0 unspecified atom stereocenters. The summed E-state index contributed by atoms with van der Waals surface area (Å²) in [6, 6.07) is 16.6. The minimum atomic E-state index is -0.144. The van der Waals surface area contributed by atoms with Crippen LogP contribution in [0.2, 0.25) is 0 Å². The zero-order valence-electron chi connectivity index (χ0n) is 15.5. The van der Waals surface area contributed by atoms with Gasteiger partial charge < -0.3 is 9.88 Å². The van der Waals surface area contributed by atoms with E-state index in [0.717, 1.165) is 28.2 Å². The molecule has 0 atom stereocenters. The van der Waals surface area contributed by atoms with Gasteiger partial charge in [0.25, 0.3) is 5.91 Å². The fourth-order valence-corrected chi connectivity index (χ4v) is 3.66. The molecule has 140 valence electrons. The number of thiazole rings is 1. The minimum absolute atomic E-state index is 0.144. The number of hydrogen-bond donors (Lipinski definition) is 1. The maximum absolute atomic E-state index is 12.3. The molecule has 6 heteroatoms. The van der Waals surface area contributed by atoms with Gasteiger partial charge in [-0.15, -0.1) is 11.3 Å². The lowest BCUT2D eigenvalue weighted by atomic mass is 9.98. The van der Waals surface area contributed by atoms with Crippen molar-refractivity contribution in [2.75, 3.05) is 0 Å². The summed E-state index contributed by atoms with van der Waals surface area (Å²) in [5.41, 5.74) is 5.01. The highest BCUT2D eigenvalue weighted by Crippen LogP contribution is 2.24. The lowest BCUT2D eigenvalue weighted by Crippen LogP contribution is -2.23. The Balaban J connectivity index is 1.48. The highest BCUT2D eigenvalue weighted by Gasteiger charge is 2.11. The van der Waals surface area contributed by atoms with Gasteiger partial charge in [0.15, 0.2) is 0 Å². The summed E-state index contributed by atoms with van der Waals surface area (Å²) < 4.78 is 2.04. The van der Waals surface area contributed by atoms with Crippen LogP contribution in [0, 0.1) is 6.92 Å². The monoisotopic (exact) mass is 388 g/mol. The van der Waals surface area contributed by atoms with Crippen molar-refractivity contribution in [3.8, 4) is 11.1 Å². The first-order chi connectivity index (χ1) is 13.7. The third kappa shape index (κ3) is 4.18. The molecule has 1 amide bonds. The molecule has 0 aliphatic heterocycles. The summed E-state index contributed by atoms with van der Waals surface area (Å²) in [5, 5.41) is 5.65. The number of carbonyl (C=O) groups excluding carboxylic acids is 1. The van der Waals surface area contributed by atoms with Gasteiger partial charge in [0.2, 0.25) is 0 Å². The molecule has 5 nitrogen and oxygen atoms in total. The molecule has 2 heterocycles. The van der Waals surface area contributed by atoms with Crippen molar-refractivity contribution < 1.29 is 4.79 Å². The quantitative estimate of drug-likeness (QED) is 0.536. The second-order valence-electron chi connectivity index (χ2n) is 6.52. The van der Waals surface area contributed by atoms with E-state index >= 15 is 0 Å². The first-order valence-electron chi connectivity index (χ1n) is 9.02. The van der Waals surface area contributed by atoms with Gasteiger partial charge in [-0.3, -0.25) is 4.79 Å². The van der Waals surface area contributed by atoms with Crippen LogP contribution in [-0.4, -0.2) is 20.4 Å². The SMILES string of the molecule is Cc1nc(C(=O)NCc2ccccc2-c2ccc(Cn3ccnc3)cc2)cs1. The molecule has 2 aromatic heterocycles. The van der Waals surface area contributed by atoms with Gasteiger partial charge in [0.1, 0.15) is 5.69 Å². The summed E-state index contributed by atoms with van der Waals surface area (Å²) in [6.07, 6.45) is 5.55. The normalized spacial score (nSPS) is 10.8. The van der Waals surface area contributed by atoms with Crippen LogP contribution in [0.4, 0.5) is 0 Å². The molecule has 28 heavy (non-hydrogen) atoms. The van der Waals surface area contributed by atoms with E-state index in [0.29, 0.717) is 12.2 Å². The molecule has 0 aliphatic carbocycles. The molecule has 4 rings (SSSR count). The Bertz CT molecular complexity index is 1070. The molecule has 1 N–H and O–H groups in total. The smallest absolute Gasteiger partial charge is 0.271 e. The molecule has 0 saturated carbocycles. The van der Waals surface area contributed by atoms with Gasteiger partial charge in [-0.1, -0.05) is 48.5 Å². The van der Waals surface area contributed by atoms with Crippen LogP contribution in [0.5, 0.6) is 0 Å². The Morgan fingerprint density at radius 1 is 1.14 bits per heavy atom. The lowest BCUT2D eigenvalue weighted by Gasteiger charge is -2.11. The number of aromatic nitrogens is 3. The van der Waals surface area contributed by atoms with E-state index in [1.54, 1.807) is 11.6 Å². The number of hydrogen-bond acceptors (Lipinski definition) is 4. The number of aryl methyl sites for hydroxylation is 1. The molecule has 0 saturated heterocycles. The van der Waals surface area contributed by atoms with Crippen molar-refractivity contribution >= 4 is 17.2 Å². The standard InChI is InChI=1S/C22H20N4OS/c1-16-25-21(14-28-16)22(27)24-12-19-4-2-3-5-20(19)18-8-6-17(7-9-18)13-26-11-10-23-15-26/h2-11,14-15H,12-13H2,1H3,(H,24,27). The summed E-state index contributed by atoms with van der Waals surface area (Å²) in [4.78, 5) is 20.6. The Hall–Kier alpha value is -3.25. The minimum Gasteiger partial charge on any atom is -0.347 e. The molecule has 0 aliphatic rings. The van der Waals surface area contributed by atoms with Crippen molar-refractivity contribution in [2.45, 2.75) is 20.0 Å². The molecular weight excluding hydrogens is 368 g/mol. The van der Waals surface area contributed by atoms with E-state index in [2.05, 4.69) is 45.6 Å². The van der Waals surface area contributed by atoms with Crippen molar-refractivity contribution in [1.82, 2.24) is 19.9 Å². The number of rotatable bonds is 6. The van der Waals surface area contributed by atoms with Gasteiger partial charge in [-0.25, -0.2) is 9.97 Å². The van der Waals surface area contributed by atoms with Crippen molar-refractivity contribution in [3.05, 3.63) is 94.5 Å². The number of imidazole rings is 1. The van der Waals surface area contributed by atoms with E-state index in [4.69, 9.17) is 0 Å². The van der Waals surface area contributed by atoms with E-state index in [1.165, 1.54) is 16.9 Å². The van der Waals surface area contributed by atoms with E-state index in [9.17, 15) is 4.79 Å². The third-order valence-electron chi connectivity index (χ3n) is 4.50. The summed E-state index contributed by atoms with van der Waals surface area (Å²) in [6.45, 7) is 3.15. The van der Waals surface area contributed by atoms with Crippen LogP contribution in [0.15, 0.2) is 72.6 Å². The lowest BCUT2D eigenvalue weighted by molar-refractivity contribution is 0.0946. The van der Waals surface area contributed by atoms with E-state index in [-0.39, 0.29) is 5.91 Å². The predicted octanol–water partition coefficient (Wildman–Crippen LogP) is 4.29. The molecule has 0 fully saturated rings. The average Bonchev–Trinajstić information content (AvgIpc) is 3.39. The van der Waals surface area contributed by atoms with E-state index < -0.39 is 0 Å². The summed E-state index contributed by atoms with van der Waals surface area (Å²) >= 11 is 1.48. The molecule has 2 aromatic carbocycles. The Morgan fingerprint density at radius 3 is 2.68 bits per heavy atom. The second-order valence-corrected chi connectivity index (χ2v) is 7.59. The van der Waals surface area contributed by atoms with Crippen LogP contribution in [0.25, 0.3) is 11.1 Å². The molecule has 0 radical (unpaired) electrons. The number of nitrogens with zero attached hydrogens (tertiary/aromatic N) is 3. The summed E-state index contributed by atoms with van der Waals surface area (Å²) in [5.74, 6) is -0.144. The zero-order chi connectivity index (χ0) is 19.3. The van der Waals surface area contributed by atoms with Crippen LogP contribution in [-0.2, 0) is 13.1 Å². The van der Waals surface area contributed by atoms with Crippen molar-refractivity contribution in [3.63, 3.8) is 0 Å². The van der Waals surface area contributed by atoms with Crippen LogP contribution >= 0.6 is 11.3 Å². The molecule has 0 bridgehead atoms. The van der Waals surface area contributed by atoms with Gasteiger partial charge in [0.05, 0.1) is 11.3 Å². The van der Waals surface area contributed by atoms with Crippen LogP contribution in [0.3, 0.4) is 0 Å². The largest absolute Gasteiger partial charge is 0.347 e. The topological polar surface area (TPSA) is 59.8 Å². The van der Waals surface area contributed by atoms with Gasteiger partial charge in [-0.05, 0) is 29.2 Å². The fourth-order valence-electron chi connectivity index (χ4n) is 3.07. The number of benzene rings is 2. The third-order valence-corrected chi connectivity index (χ3v) is 5.27. The Morgan fingerprint density at radius 2 is 1.96 bits per heavy atom. The number of amides is 1. The van der Waals surface area contributed by atoms with E-state index in [1.807, 2.05) is 42.2 Å². The predicted molar refractivity (Wildman–Crippen MR) is 111 cm³/mol. The molecular formula is C22H20N4OS. The first kappa shape index (κ1) is 18.1. The summed E-state index contributed by atoms with van der Waals surface area (Å²) in [7, 11) is 0. The second kappa shape index (κ2) is 8.19. The maximum atomic E-state index is 12.3. The Kier molecular flexibility index (Phi) is 5.30. The number of carbonyl (C=O) groups is 1. The zero-order valence-corrected chi connectivity index (χ0v) is 16.3. The van der Waals surface area contributed by atoms with Crippen LogP contribution < -0.4 is 5.32 Å². The highest BCUT2D eigenvalue weighted by atomic mass is 32.1. The van der Waals surface area contributed by atoms with Crippen molar-refractivity contribution in [1.29, 1.82) is 0 Å². The Labute approximate surface area is 167 Å². The van der Waals surface area contributed by atoms with Crippen LogP contribution in [0.1, 0.15) is 26.6 Å². The average molecular weight is 388 g/mol. The highest BCUT2D eigenvalue weighted by molar-refractivity contribution is 7.09. The first-order valence-corrected chi connectivity index (χ1v) is 9.90. The van der Waals surface area contributed by atoms with Crippen molar-refractivity contribution in [2.24, 2.45) is 0 Å². The fraction of sp³-hybridized carbons (Fsp3) is 0.136.